The minimum absolute atomic E-state index is 0.782. The monoisotopic (exact) mass is 181 g/mol. The second-order valence-electron chi connectivity index (χ2n) is 3.45. The van der Waals surface area contributed by atoms with Crippen molar-refractivity contribution < 1.29 is 0 Å². The Hall–Kier alpha value is -0.340. The van der Waals surface area contributed by atoms with Gasteiger partial charge in [-0.05, 0) is 49.2 Å². The maximum Gasteiger partial charge on any atom is 0.00805 e. The molecule has 12 heavy (non-hydrogen) atoms. The largest absolute Gasteiger partial charge is 0.319 e. The molecule has 1 aromatic heterocycles. The Bertz CT molecular complexity index is 254. The van der Waals surface area contributed by atoms with E-state index in [2.05, 4.69) is 16.8 Å². The average Bonchev–Trinajstić information content (AvgIpc) is 2.53. The molecule has 0 spiro atoms. The van der Waals surface area contributed by atoms with Crippen LogP contribution in [-0.2, 0) is 6.42 Å². The first-order chi connectivity index (χ1) is 5.92. The van der Waals surface area contributed by atoms with Gasteiger partial charge in [-0.2, -0.15) is 0 Å². The molecular weight excluding hydrogens is 166 g/mol. The van der Waals surface area contributed by atoms with Gasteiger partial charge in [-0.25, -0.2) is 0 Å². The van der Waals surface area contributed by atoms with Gasteiger partial charge in [0.25, 0.3) is 0 Å². The second kappa shape index (κ2) is 3.58. The number of thiophene rings is 1. The molecule has 0 saturated heterocycles. The first-order valence-electron chi connectivity index (χ1n) is 4.62. The molecule has 1 aliphatic rings. The SMILES string of the molecule is CNC[C@@H]1CCCc2sccc21. The van der Waals surface area contributed by atoms with Crippen molar-refractivity contribution in [1.82, 2.24) is 5.32 Å². The quantitative estimate of drug-likeness (QED) is 0.738. The van der Waals surface area contributed by atoms with Crippen LogP contribution in [0.4, 0.5) is 0 Å². The number of hydrogen-bond acceptors (Lipinski definition) is 2. The Morgan fingerprint density at radius 2 is 2.58 bits per heavy atom. The van der Waals surface area contributed by atoms with Crippen LogP contribution in [0.2, 0.25) is 0 Å². The van der Waals surface area contributed by atoms with E-state index in [1.807, 2.05) is 18.4 Å². The molecule has 1 heterocycles. The molecule has 1 nitrogen and oxygen atoms in total. The summed E-state index contributed by atoms with van der Waals surface area (Å²) in [5.41, 5.74) is 1.61. The smallest absolute Gasteiger partial charge is 0.00805 e. The molecule has 1 aromatic rings. The van der Waals surface area contributed by atoms with E-state index in [-0.39, 0.29) is 0 Å². The topological polar surface area (TPSA) is 12.0 Å². The van der Waals surface area contributed by atoms with Crippen LogP contribution >= 0.6 is 11.3 Å². The van der Waals surface area contributed by atoms with Gasteiger partial charge < -0.3 is 5.32 Å². The molecule has 0 aliphatic heterocycles. The molecule has 2 rings (SSSR count). The fourth-order valence-electron chi connectivity index (χ4n) is 2.04. The Kier molecular flexibility index (Phi) is 2.47. The number of nitrogens with one attached hydrogen (secondary N) is 1. The van der Waals surface area contributed by atoms with Gasteiger partial charge in [0, 0.05) is 11.4 Å². The predicted molar refractivity (Wildman–Crippen MR) is 53.9 cm³/mol. The lowest BCUT2D eigenvalue weighted by molar-refractivity contribution is 0.534. The summed E-state index contributed by atoms with van der Waals surface area (Å²) in [7, 11) is 2.04. The van der Waals surface area contributed by atoms with Crippen LogP contribution in [0.5, 0.6) is 0 Å². The van der Waals surface area contributed by atoms with E-state index in [0.29, 0.717) is 0 Å². The van der Waals surface area contributed by atoms with E-state index in [9.17, 15) is 0 Å². The Morgan fingerprint density at radius 3 is 3.42 bits per heavy atom. The molecule has 0 radical (unpaired) electrons. The predicted octanol–water partition coefficient (Wildman–Crippen LogP) is 2.39. The second-order valence-corrected chi connectivity index (χ2v) is 4.45. The fraction of sp³-hybridized carbons (Fsp3) is 0.600. The summed E-state index contributed by atoms with van der Waals surface area (Å²) in [4.78, 5) is 1.63. The first kappa shape index (κ1) is 8.27. The van der Waals surface area contributed by atoms with Crippen molar-refractivity contribution in [2.45, 2.75) is 25.2 Å². The van der Waals surface area contributed by atoms with E-state index in [1.54, 1.807) is 10.4 Å². The summed E-state index contributed by atoms with van der Waals surface area (Å²) < 4.78 is 0. The van der Waals surface area contributed by atoms with Gasteiger partial charge >= 0.3 is 0 Å². The average molecular weight is 181 g/mol. The summed E-state index contributed by atoms with van der Waals surface area (Å²) in [5.74, 6) is 0.782. The summed E-state index contributed by atoms with van der Waals surface area (Å²) in [6.07, 6.45) is 4.05. The molecule has 1 aliphatic carbocycles. The van der Waals surface area contributed by atoms with E-state index >= 15 is 0 Å². The maximum atomic E-state index is 3.27. The summed E-state index contributed by atoms with van der Waals surface area (Å²) in [6.45, 7) is 1.14. The molecule has 66 valence electrons. The molecule has 0 aromatic carbocycles. The van der Waals surface area contributed by atoms with Crippen molar-refractivity contribution >= 4 is 11.3 Å². The van der Waals surface area contributed by atoms with Gasteiger partial charge in [0.1, 0.15) is 0 Å². The van der Waals surface area contributed by atoms with Crippen LogP contribution in [0, 0.1) is 0 Å². The van der Waals surface area contributed by atoms with Crippen molar-refractivity contribution in [3.05, 3.63) is 21.9 Å². The van der Waals surface area contributed by atoms with Crippen molar-refractivity contribution in [2.75, 3.05) is 13.6 Å². The van der Waals surface area contributed by atoms with Gasteiger partial charge in [0.2, 0.25) is 0 Å². The molecule has 1 atom stereocenters. The molecule has 1 N–H and O–H groups in total. The lowest BCUT2D eigenvalue weighted by atomic mass is 9.88. The number of hydrogen-bond donors (Lipinski definition) is 1. The number of fused-ring (bicyclic) bond motifs is 1. The fourth-order valence-corrected chi connectivity index (χ4v) is 3.05. The maximum absolute atomic E-state index is 3.27. The molecule has 0 bridgehead atoms. The Labute approximate surface area is 77.8 Å². The van der Waals surface area contributed by atoms with Gasteiger partial charge in [0.05, 0.1) is 0 Å². The molecule has 2 heteroatoms. The molecule has 0 amide bonds. The zero-order chi connectivity index (χ0) is 8.39. The van der Waals surface area contributed by atoms with Crippen molar-refractivity contribution in [3.8, 4) is 0 Å². The first-order valence-corrected chi connectivity index (χ1v) is 5.50. The molecular formula is C10H15NS. The highest BCUT2D eigenvalue weighted by Crippen LogP contribution is 2.34. The van der Waals surface area contributed by atoms with Gasteiger partial charge in [-0.3, -0.25) is 0 Å². The highest BCUT2D eigenvalue weighted by atomic mass is 32.1. The van der Waals surface area contributed by atoms with E-state index < -0.39 is 0 Å². The van der Waals surface area contributed by atoms with Gasteiger partial charge in [0.15, 0.2) is 0 Å². The highest BCUT2D eigenvalue weighted by Gasteiger charge is 2.19. The van der Waals surface area contributed by atoms with E-state index in [4.69, 9.17) is 0 Å². The third-order valence-electron chi connectivity index (χ3n) is 2.63. The van der Waals surface area contributed by atoms with Crippen LogP contribution in [0.3, 0.4) is 0 Å². The number of aryl methyl sites for hydroxylation is 1. The minimum atomic E-state index is 0.782. The van der Waals surface area contributed by atoms with Gasteiger partial charge in [-0.1, -0.05) is 0 Å². The van der Waals surface area contributed by atoms with Crippen LogP contribution in [-0.4, -0.2) is 13.6 Å². The summed E-state index contributed by atoms with van der Waals surface area (Å²) >= 11 is 1.93. The van der Waals surface area contributed by atoms with Gasteiger partial charge in [-0.15, -0.1) is 11.3 Å². The third-order valence-corrected chi connectivity index (χ3v) is 3.62. The van der Waals surface area contributed by atoms with E-state index in [0.717, 1.165) is 12.5 Å². The normalized spacial score (nSPS) is 22.2. The zero-order valence-electron chi connectivity index (χ0n) is 7.47. The lowest BCUT2D eigenvalue weighted by Crippen LogP contribution is -2.20. The van der Waals surface area contributed by atoms with Crippen molar-refractivity contribution in [2.24, 2.45) is 0 Å². The van der Waals surface area contributed by atoms with E-state index in [1.165, 1.54) is 19.3 Å². The molecule has 0 unspecified atom stereocenters. The van der Waals surface area contributed by atoms with Crippen LogP contribution in [0.15, 0.2) is 11.4 Å². The summed E-state index contributed by atoms with van der Waals surface area (Å²) in [6, 6.07) is 2.31. The lowest BCUT2D eigenvalue weighted by Gasteiger charge is -2.21. The van der Waals surface area contributed by atoms with Crippen LogP contribution in [0.1, 0.15) is 29.2 Å². The Morgan fingerprint density at radius 1 is 1.67 bits per heavy atom. The Balaban J connectivity index is 2.19. The number of rotatable bonds is 2. The third kappa shape index (κ3) is 1.41. The van der Waals surface area contributed by atoms with Crippen molar-refractivity contribution in [3.63, 3.8) is 0 Å². The summed E-state index contributed by atoms with van der Waals surface area (Å²) in [5, 5.41) is 5.51. The minimum Gasteiger partial charge on any atom is -0.319 e. The standard InChI is InChI=1S/C10H15NS/c1-11-7-8-3-2-4-10-9(8)5-6-12-10/h5-6,8,11H,2-4,7H2,1H3/t8-/m0/s1. The van der Waals surface area contributed by atoms with Crippen LogP contribution in [0.25, 0.3) is 0 Å². The van der Waals surface area contributed by atoms with Crippen molar-refractivity contribution in [1.29, 1.82) is 0 Å². The molecule has 0 saturated carbocycles. The molecule has 0 fully saturated rings. The highest BCUT2D eigenvalue weighted by molar-refractivity contribution is 7.10. The number of likely N-dealkylation sites (N-methyl/N-ethyl adjacent to an activating group) is 1. The zero-order valence-corrected chi connectivity index (χ0v) is 8.29. The van der Waals surface area contributed by atoms with Crippen LogP contribution < -0.4 is 5.32 Å².